The van der Waals surface area contributed by atoms with Crippen LogP contribution in [0.5, 0.6) is 0 Å². The second kappa shape index (κ2) is 6.39. The van der Waals surface area contributed by atoms with E-state index in [0.29, 0.717) is 5.02 Å². The molecular formula is C14H22ClN3. The van der Waals surface area contributed by atoms with Crippen molar-refractivity contribution in [3.8, 4) is 0 Å². The molecule has 0 spiro atoms. The molecule has 0 unspecified atom stereocenters. The third-order valence-corrected chi connectivity index (χ3v) is 3.65. The van der Waals surface area contributed by atoms with Gasteiger partial charge in [-0.05, 0) is 31.0 Å². The van der Waals surface area contributed by atoms with Crippen LogP contribution in [0.2, 0.25) is 5.02 Å². The molecule has 1 aliphatic heterocycles. The van der Waals surface area contributed by atoms with E-state index in [-0.39, 0.29) is 0 Å². The number of nitrogens with zero attached hydrogens (tertiary/aromatic N) is 3. The summed E-state index contributed by atoms with van der Waals surface area (Å²) in [7, 11) is 0. The monoisotopic (exact) mass is 267 g/mol. The van der Waals surface area contributed by atoms with Crippen LogP contribution >= 0.6 is 11.6 Å². The molecule has 0 radical (unpaired) electrons. The van der Waals surface area contributed by atoms with Gasteiger partial charge in [0.25, 0.3) is 0 Å². The number of hydrogen-bond acceptors (Lipinski definition) is 3. The number of piperazine rings is 1. The fourth-order valence-corrected chi connectivity index (χ4v) is 2.31. The van der Waals surface area contributed by atoms with Crippen LogP contribution in [0.4, 0.5) is 5.82 Å². The van der Waals surface area contributed by atoms with Crippen molar-refractivity contribution in [2.75, 3.05) is 37.6 Å². The van der Waals surface area contributed by atoms with Gasteiger partial charge < -0.3 is 4.90 Å². The Hall–Kier alpha value is -0.800. The van der Waals surface area contributed by atoms with E-state index in [1.807, 2.05) is 12.1 Å². The minimum atomic E-state index is 0.703. The molecule has 3 nitrogen and oxygen atoms in total. The Kier molecular flexibility index (Phi) is 4.84. The summed E-state index contributed by atoms with van der Waals surface area (Å²) in [6.45, 7) is 10.2. The van der Waals surface area contributed by atoms with Gasteiger partial charge in [0.15, 0.2) is 0 Å². The van der Waals surface area contributed by atoms with E-state index < -0.39 is 0 Å². The molecule has 0 saturated carbocycles. The number of halogens is 1. The Bertz CT molecular complexity index is 356. The third-order valence-electron chi connectivity index (χ3n) is 3.43. The first kappa shape index (κ1) is 13.6. The molecule has 1 aromatic heterocycles. The smallest absolute Gasteiger partial charge is 0.128 e. The summed E-state index contributed by atoms with van der Waals surface area (Å²) in [5.41, 5.74) is 0. The van der Waals surface area contributed by atoms with Crippen LogP contribution < -0.4 is 4.90 Å². The van der Waals surface area contributed by atoms with Crippen LogP contribution in [0.3, 0.4) is 0 Å². The molecule has 0 bridgehead atoms. The molecular weight excluding hydrogens is 246 g/mol. The molecule has 0 aliphatic carbocycles. The van der Waals surface area contributed by atoms with Crippen LogP contribution in [-0.2, 0) is 0 Å². The molecule has 0 N–H and O–H groups in total. The van der Waals surface area contributed by atoms with Crippen LogP contribution in [0, 0.1) is 5.92 Å². The molecule has 2 heterocycles. The van der Waals surface area contributed by atoms with Crippen molar-refractivity contribution in [2.45, 2.75) is 20.3 Å². The topological polar surface area (TPSA) is 19.4 Å². The van der Waals surface area contributed by atoms with Crippen LogP contribution in [0.1, 0.15) is 20.3 Å². The normalized spacial score (nSPS) is 17.4. The van der Waals surface area contributed by atoms with Gasteiger partial charge >= 0.3 is 0 Å². The lowest BCUT2D eigenvalue weighted by Crippen LogP contribution is -2.47. The van der Waals surface area contributed by atoms with Crippen molar-refractivity contribution in [3.63, 3.8) is 0 Å². The highest BCUT2D eigenvalue weighted by atomic mass is 35.5. The van der Waals surface area contributed by atoms with E-state index in [0.717, 1.165) is 37.9 Å². The first-order valence-electron chi connectivity index (χ1n) is 6.74. The minimum absolute atomic E-state index is 0.703. The highest BCUT2D eigenvalue weighted by Crippen LogP contribution is 2.16. The molecule has 18 heavy (non-hydrogen) atoms. The average Bonchev–Trinajstić information content (AvgIpc) is 2.38. The van der Waals surface area contributed by atoms with Crippen molar-refractivity contribution in [1.29, 1.82) is 0 Å². The molecule has 4 heteroatoms. The fourth-order valence-electron chi connectivity index (χ4n) is 2.20. The standard InChI is InChI=1S/C14H22ClN3/c1-12(2)5-6-17-7-9-18(10-8-17)14-4-3-13(15)11-16-14/h3-4,11-12H,5-10H2,1-2H3. The predicted octanol–water partition coefficient (Wildman–Crippen LogP) is 2.90. The Labute approximate surface area is 115 Å². The molecule has 0 aromatic carbocycles. The maximum absolute atomic E-state index is 5.86. The van der Waals surface area contributed by atoms with E-state index in [1.165, 1.54) is 13.0 Å². The summed E-state index contributed by atoms with van der Waals surface area (Å²) in [5.74, 6) is 1.84. The first-order chi connectivity index (χ1) is 8.65. The van der Waals surface area contributed by atoms with E-state index in [4.69, 9.17) is 11.6 Å². The third kappa shape index (κ3) is 3.85. The summed E-state index contributed by atoms with van der Waals surface area (Å²) < 4.78 is 0. The van der Waals surface area contributed by atoms with Gasteiger partial charge in [-0.25, -0.2) is 4.98 Å². The molecule has 0 atom stereocenters. The molecule has 1 saturated heterocycles. The number of hydrogen-bond donors (Lipinski definition) is 0. The van der Waals surface area contributed by atoms with Crippen molar-refractivity contribution < 1.29 is 0 Å². The molecule has 1 aromatic rings. The average molecular weight is 268 g/mol. The SMILES string of the molecule is CC(C)CCN1CCN(c2ccc(Cl)cn2)CC1. The number of anilines is 1. The number of pyridine rings is 1. The zero-order valence-electron chi connectivity index (χ0n) is 11.3. The molecule has 1 aliphatic rings. The van der Waals surface area contributed by atoms with Gasteiger partial charge in [0.1, 0.15) is 5.82 Å². The lowest BCUT2D eigenvalue weighted by molar-refractivity contribution is 0.243. The number of rotatable bonds is 4. The molecule has 0 amide bonds. The first-order valence-corrected chi connectivity index (χ1v) is 7.12. The van der Waals surface area contributed by atoms with Gasteiger partial charge in [-0.2, -0.15) is 0 Å². The van der Waals surface area contributed by atoms with E-state index in [9.17, 15) is 0 Å². The fraction of sp³-hybridized carbons (Fsp3) is 0.643. The maximum atomic E-state index is 5.86. The maximum Gasteiger partial charge on any atom is 0.128 e. The van der Waals surface area contributed by atoms with E-state index in [1.54, 1.807) is 6.20 Å². The van der Waals surface area contributed by atoms with E-state index >= 15 is 0 Å². The second-order valence-electron chi connectivity index (χ2n) is 5.35. The van der Waals surface area contributed by atoms with Crippen molar-refractivity contribution >= 4 is 17.4 Å². The van der Waals surface area contributed by atoms with Gasteiger partial charge in [0.05, 0.1) is 5.02 Å². The quantitative estimate of drug-likeness (QED) is 0.836. The Morgan fingerprint density at radius 3 is 2.50 bits per heavy atom. The lowest BCUT2D eigenvalue weighted by Gasteiger charge is -2.35. The summed E-state index contributed by atoms with van der Waals surface area (Å²) in [5, 5.41) is 0.703. The van der Waals surface area contributed by atoms with Crippen molar-refractivity contribution in [1.82, 2.24) is 9.88 Å². The Morgan fingerprint density at radius 1 is 1.22 bits per heavy atom. The van der Waals surface area contributed by atoms with Crippen LogP contribution in [-0.4, -0.2) is 42.6 Å². The predicted molar refractivity (Wildman–Crippen MR) is 77.4 cm³/mol. The van der Waals surface area contributed by atoms with E-state index in [2.05, 4.69) is 28.6 Å². The van der Waals surface area contributed by atoms with Gasteiger partial charge in [-0.3, -0.25) is 4.90 Å². The largest absolute Gasteiger partial charge is 0.354 e. The molecule has 1 fully saturated rings. The van der Waals surface area contributed by atoms with Crippen LogP contribution in [0.25, 0.3) is 0 Å². The second-order valence-corrected chi connectivity index (χ2v) is 5.78. The number of aromatic nitrogens is 1. The van der Waals surface area contributed by atoms with Crippen molar-refractivity contribution in [3.05, 3.63) is 23.4 Å². The molecule has 100 valence electrons. The van der Waals surface area contributed by atoms with Crippen LogP contribution in [0.15, 0.2) is 18.3 Å². The summed E-state index contributed by atoms with van der Waals surface area (Å²) in [6.07, 6.45) is 3.02. The highest BCUT2D eigenvalue weighted by molar-refractivity contribution is 6.30. The molecule has 2 rings (SSSR count). The van der Waals surface area contributed by atoms with Gasteiger partial charge in [-0.15, -0.1) is 0 Å². The van der Waals surface area contributed by atoms with Gasteiger partial charge in [0, 0.05) is 32.4 Å². The lowest BCUT2D eigenvalue weighted by atomic mass is 10.1. The highest BCUT2D eigenvalue weighted by Gasteiger charge is 2.17. The zero-order chi connectivity index (χ0) is 13.0. The summed E-state index contributed by atoms with van der Waals surface area (Å²) in [4.78, 5) is 9.26. The zero-order valence-corrected chi connectivity index (χ0v) is 12.0. The Morgan fingerprint density at radius 2 is 1.94 bits per heavy atom. The summed E-state index contributed by atoms with van der Waals surface area (Å²) in [6, 6.07) is 3.92. The van der Waals surface area contributed by atoms with Gasteiger partial charge in [-0.1, -0.05) is 25.4 Å². The minimum Gasteiger partial charge on any atom is -0.354 e. The van der Waals surface area contributed by atoms with Crippen molar-refractivity contribution in [2.24, 2.45) is 5.92 Å². The van der Waals surface area contributed by atoms with Gasteiger partial charge in [0.2, 0.25) is 0 Å². The summed E-state index contributed by atoms with van der Waals surface area (Å²) >= 11 is 5.86. The Balaban J connectivity index is 1.81.